The molecule has 8 aromatic rings. The van der Waals surface area contributed by atoms with Crippen LogP contribution in [0.5, 0.6) is 11.5 Å². The van der Waals surface area contributed by atoms with Gasteiger partial charge in [0.1, 0.15) is 59.4 Å². The van der Waals surface area contributed by atoms with E-state index >= 15 is 0 Å². The summed E-state index contributed by atoms with van der Waals surface area (Å²) in [5.74, 6) is -3.00. The Kier molecular flexibility index (Phi) is 29.8. The number of phenols is 2. The molecule has 0 saturated carbocycles. The molecule has 33 nitrogen and oxygen atoms in total. The number of amides is 2. The van der Waals surface area contributed by atoms with E-state index in [1.165, 1.54) is 54.6 Å². The monoisotopic (exact) mass is 1330 g/mol. The average Bonchev–Trinajstić information content (AvgIpc) is 1.91. The van der Waals surface area contributed by atoms with Crippen LogP contribution in [0.4, 0.5) is 57.9 Å². The van der Waals surface area contributed by atoms with E-state index in [9.17, 15) is 68.8 Å². The van der Waals surface area contributed by atoms with E-state index in [2.05, 4.69) is 92.1 Å². The number of aromatic hydroxyl groups is 2. The molecule has 0 radical (unpaired) electrons. The number of nitrogens with zero attached hydrogens (tertiary/aromatic N) is 9. The summed E-state index contributed by atoms with van der Waals surface area (Å²) in [4.78, 5) is 57.9. The number of hydrazine groups is 2. The van der Waals surface area contributed by atoms with Crippen LogP contribution in [0.2, 0.25) is 0 Å². The van der Waals surface area contributed by atoms with Crippen LogP contribution in [-0.4, -0.2) is 90.8 Å². The Morgan fingerprint density at radius 2 is 1.04 bits per heavy atom. The third-order valence-electron chi connectivity index (χ3n) is 11.8. The van der Waals surface area contributed by atoms with Gasteiger partial charge in [0.2, 0.25) is 35.6 Å². The number of anilines is 6. The molecule has 0 fully saturated rings. The van der Waals surface area contributed by atoms with Gasteiger partial charge in [0.05, 0.1) is 43.0 Å². The summed E-state index contributed by atoms with van der Waals surface area (Å²) >= 11 is 0.375. The molecule has 0 atom stereocenters. The van der Waals surface area contributed by atoms with Gasteiger partial charge in [-0.3, -0.25) is 41.3 Å². The summed E-state index contributed by atoms with van der Waals surface area (Å²) in [6, 6.07) is 20.8. The van der Waals surface area contributed by atoms with Crippen molar-refractivity contribution in [3.63, 3.8) is 0 Å². The van der Waals surface area contributed by atoms with Gasteiger partial charge >= 0.3 is 124 Å². The molecule has 89 heavy (non-hydrogen) atoms. The van der Waals surface area contributed by atoms with Crippen LogP contribution in [0.15, 0.2) is 148 Å². The number of fused-ring (bicyclic) bond motifs is 2. The van der Waals surface area contributed by atoms with Crippen molar-refractivity contribution in [3.8, 4) is 11.5 Å². The largest absolute Gasteiger partial charge is 1.00 e. The number of carbonyl (C=O) groups is 2. The van der Waals surface area contributed by atoms with Gasteiger partial charge in [0.25, 0.3) is 0 Å². The summed E-state index contributed by atoms with van der Waals surface area (Å²) in [6.07, 6.45) is 5.23. The number of carbonyl (C=O) groups excluding carboxylic acids is 2. The second kappa shape index (κ2) is 34.8. The fraction of sp³-hybridized carbons (Fsp3) is 0.167. The van der Waals surface area contributed by atoms with Gasteiger partial charge in [0.15, 0.2) is 11.5 Å². The standard InChI is InChI=1S/C48H46N16O17S4.4Na/c65-36(59-63-45-50-25-49-44(53-45)51-30-17-11-13-26-23-32(82-81-80-70)40(42(67)38(26)30)61-57-28-15-7-9-19-33(28)83(71,72)73)21-5-3-1-2-4-6-22-37(66)60-64-47-54-46(55-48(69)56-47)52-31-18-12-14-27-24-35(85(77,78)79)41(43(68)39(27)31)62-58-29-16-8-10-20-34(29)84(74,75)76;;;;/h7-20,23-25,67-68,70H,1-6,21-22H2,(H,59,65)(H,60,66)(H,71,72,73)(H,74,75,76)(H,77,78,79)(H2,49,50,51,53,63)(H3,52,54,55,56,64,69);;;;/q;4*+1/p-4. The van der Waals surface area contributed by atoms with Crippen molar-refractivity contribution < 1.29 is 192 Å². The fourth-order valence-corrected chi connectivity index (χ4v) is 10.4. The predicted octanol–water partition coefficient (Wildman–Crippen LogP) is -5.95. The number of benzene rings is 6. The molecule has 0 bridgehead atoms. The third-order valence-corrected chi connectivity index (χ3v) is 15.0. The quantitative estimate of drug-likeness (QED) is 0.00440. The maximum absolute atomic E-state index is 12.7. The van der Waals surface area contributed by atoms with Gasteiger partial charge in [0, 0.05) is 23.6 Å². The summed E-state index contributed by atoms with van der Waals surface area (Å²) in [5, 5.41) is 58.2. The summed E-state index contributed by atoms with van der Waals surface area (Å²) < 4.78 is 112. The number of H-pyrrole nitrogens is 1. The first-order valence-corrected chi connectivity index (χ1v) is 29.4. The van der Waals surface area contributed by atoms with E-state index in [0.717, 1.165) is 43.4 Å². The Balaban J connectivity index is 0.00000423. The molecule has 6 aromatic carbocycles. The van der Waals surface area contributed by atoms with Crippen LogP contribution in [0.3, 0.4) is 0 Å². The Morgan fingerprint density at radius 1 is 0.562 bits per heavy atom. The number of unbranched alkanes of at least 4 members (excludes halogenated alkanes) is 5. The van der Waals surface area contributed by atoms with Crippen LogP contribution in [-0.2, 0) is 49.3 Å². The number of hydrogen-bond donors (Lipinski definition) is 9. The number of aromatic amines is 1. The molecule has 9 N–H and O–H groups in total. The minimum atomic E-state index is -5.35. The average molecular weight is 1340 g/mol. The van der Waals surface area contributed by atoms with Gasteiger partial charge < -0.3 is 39.8 Å². The van der Waals surface area contributed by atoms with E-state index in [1.54, 1.807) is 18.2 Å². The molecular weight excluding hydrogens is 1290 g/mol. The normalized spacial score (nSPS) is 11.5. The molecule has 0 aliphatic heterocycles. The molecule has 2 heterocycles. The Labute approximate surface area is 597 Å². The van der Waals surface area contributed by atoms with Crippen LogP contribution < -0.4 is 162 Å². The van der Waals surface area contributed by atoms with Crippen molar-refractivity contribution >= 4 is 134 Å². The van der Waals surface area contributed by atoms with Gasteiger partial charge in [-0.2, -0.15) is 24.3 Å². The molecule has 41 heteroatoms. The predicted molar refractivity (Wildman–Crippen MR) is 294 cm³/mol. The fourth-order valence-electron chi connectivity index (χ4n) is 8.03. The smallest absolute Gasteiger partial charge is 0.744 e. The minimum Gasteiger partial charge on any atom is -0.744 e. The topological polar surface area (TPSA) is 507 Å². The Morgan fingerprint density at radius 3 is 1.60 bits per heavy atom. The van der Waals surface area contributed by atoms with E-state index in [-0.39, 0.29) is 205 Å². The van der Waals surface area contributed by atoms with E-state index in [1.807, 2.05) is 0 Å². The molecule has 0 spiro atoms. The maximum Gasteiger partial charge on any atom is 1.00 e. The summed E-state index contributed by atoms with van der Waals surface area (Å²) in [5.41, 5.74) is 7.26. The van der Waals surface area contributed by atoms with Crippen molar-refractivity contribution in [3.05, 3.63) is 114 Å². The van der Waals surface area contributed by atoms with Crippen LogP contribution in [0, 0.1) is 0 Å². The number of rotatable bonds is 27. The van der Waals surface area contributed by atoms with Crippen molar-refractivity contribution in [2.24, 2.45) is 20.5 Å². The van der Waals surface area contributed by atoms with Crippen molar-refractivity contribution in [2.75, 3.05) is 21.5 Å². The Hall–Kier alpha value is -5.44. The zero-order valence-corrected chi connectivity index (χ0v) is 58.4. The summed E-state index contributed by atoms with van der Waals surface area (Å²) in [6.45, 7) is 0. The molecule has 8 rings (SSSR count). The van der Waals surface area contributed by atoms with Gasteiger partial charge in [-0.25, -0.2) is 35.0 Å². The van der Waals surface area contributed by atoms with E-state index in [4.69, 9.17) is 0 Å². The molecule has 0 saturated heterocycles. The number of hydrogen-bond acceptors (Lipinski definition) is 31. The van der Waals surface area contributed by atoms with Crippen LogP contribution in [0.25, 0.3) is 21.5 Å². The molecule has 0 aliphatic rings. The third kappa shape index (κ3) is 21.0. The van der Waals surface area contributed by atoms with Gasteiger partial charge in [-0.05, 0) is 72.1 Å². The number of azo groups is 2. The Bertz CT molecular complexity index is 4340. The van der Waals surface area contributed by atoms with Gasteiger partial charge in [-0.15, -0.1) is 20.5 Å². The SMILES string of the molecule is O=C(CCCCCCCCC(=O)NNc1nc(Nc2cccc3cc(S(=O)(=O)[O-])c(N=Nc4ccccc4S(=O)(=O)[O-])c(O)c23)nc(=O)[nH]1)NNc1ncnc(Nc2cccc3cc(SOO[O-])c(N=Nc4ccccc4S(=O)(=O)[O-])c(O)c23)n1.[Na+].[Na+].[Na+].[Na+]. The zero-order chi connectivity index (χ0) is 60.9. The first-order chi connectivity index (χ1) is 40.6. The molecule has 0 unspecified atom stereocenters. The molecule has 444 valence electrons. The second-order valence-corrected chi connectivity index (χ2v) is 22.3. The zero-order valence-electron chi connectivity index (χ0n) is 47.1. The van der Waals surface area contributed by atoms with Crippen LogP contribution in [0.1, 0.15) is 51.4 Å². The number of phenolic OH excluding ortho intramolecular Hbond substituents is 2. The first kappa shape index (κ1) is 76.0. The molecule has 0 aliphatic carbocycles. The second-order valence-electron chi connectivity index (χ2n) is 17.5. The number of aromatic nitrogens is 6. The van der Waals surface area contributed by atoms with E-state index < -0.39 is 79.5 Å². The molecular formula is C48H42N16Na4O17S4. The van der Waals surface area contributed by atoms with E-state index in [0.29, 0.717) is 43.1 Å². The maximum atomic E-state index is 12.7. The van der Waals surface area contributed by atoms with Gasteiger partial charge in [-0.1, -0.05) is 74.2 Å². The number of nitrogens with one attached hydrogen (secondary N) is 7. The minimum absolute atomic E-state index is 0. The van der Waals surface area contributed by atoms with Crippen molar-refractivity contribution in [2.45, 2.75) is 70.9 Å². The molecule has 2 amide bonds. The first-order valence-electron chi connectivity index (χ1n) is 24.5. The molecule has 2 aromatic heterocycles. The van der Waals surface area contributed by atoms with Crippen LogP contribution >= 0.6 is 12.0 Å². The summed E-state index contributed by atoms with van der Waals surface area (Å²) in [7, 11) is -15.4. The van der Waals surface area contributed by atoms with Crippen molar-refractivity contribution in [1.29, 1.82) is 0 Å². The van der Waals surface area contributed by atoms with Crippen molar-refractivity contribution in [1.82, 2.24) is 40.8 Å².